The third-order valence-corrected chi connectivity index (χ3v) is 2.63. The second-order valence-corrected chi connectivity index (χ2v) is 4.37. The van der Waals surface area contributed by atoms with E-state index in [9.17, 15) is 9.59 Å². The Morgan fingerprint density at radius 2 is 2.19 bits per heavy atom. The number of carboxylic acid groups (broad SMARTS) is 1. The van der Waals surface area contributed by atoms with Gasteiger partial charge in [-0.15, -0.1) is 0 Å². The third kappa shape index (κ3) is 2.85. The Morgan fingerprint density at radius 1 is 1.56 bits per heavy atom. The molecule has 0 aliphatic heterocycles. The van der Waals surface area contributed by atoms with Crippen LogP contribution in [0.4, 0.5) is 0 Å². The number of hydrogen-bond acceptors (Lipinski definition) is 3. The van der Waals surface area contributed by atoms with E-state index in [0.717, 1.165) is 0 Å². The van der Waals surface area contributed by atoms with Crippen molar-refractivity contribution in [2.45, 2.75) is 19.9 Å². The molecule has 0 bridgehead atoms. The molecule has 1 N–H and O–H groups in total. The maximum atomic E-state index is 11.9. The van der Waals surface area contributed by atoms with E-state index < -0.39 is 11.9 Å². The summed E-state index contributed by atoms with van der Waals surface area (Å²) in [6.07, 6.45) is 1.37. The van der Waals surface area contributed by atoms with Crippen molar-refractivity contribution >= 4 is 27.8 Å². The fraction of sp³-hybridized carbons (Fsp3) is 0.400. The summed E-state index contributed by atoms with van der Waals surface area (Å²) >= 11 is 3.16. The zero-order chi connectivity index (χ0) is 12.3. The summed E-state index contributed by atoms with van der Waals surface area (Å²) in [6.45, 7) is 3.15. The molecule has 16 heavy (non-hydrogen) atoms. The van der Waals surface area contributed by atoms with Crippen LogP contribution in [0.1, 0.15) is 24.4 Å². The van der Waals surface area contributed by atoms with Crippen LogP contribution in [0.2, 0.25) is 0 Å². The molecule has 1 rings (SSSR count). The molecule has 0 fully saturated rings. The van der Waals surface area contributed by atoms with Crippen molar-refractivity contribution in [1.29, 1.82) is 0 Å². The highest BCUT2D eigenvalue weighted by Crippen LogP contribution is 2.20. The summed E-state index contributed by atoms with van der Waals surface area (Å²) in [5.41, 5.74) is 0. The Bertz CT molecular complexity index is 399. The molecule has 1 heterocycles. The van der Waals surface area contributed by atoms with E-state index in [1.54, 1.807) is 19.9 Å². The van der Waals surface area contributed by atoms with Crippen LogP contribution < -0.4 is 0 Å². The molecule has 0 spiro atoms. The highest BCUT2D eigenvalue weighted by molar-refractivity contribution is 9.10. The number of carbonyl (C=O) groups is 2. The molecule has 0 aliphatic carbocycles. The van der Waals surface area contributed by atoms with Gasteiger partial charge in [-0.25, -0.2) is 0 Å². The van der Waals surface area contributed by atoms with Crippen molar-refractivity contribution in [3.05, 3.63) is 22.6 Å². The molecule has 0 aromatic carbocycles. The van der Waals surface area contributed by atoms with E-state index in [4.69, 9.17) is 9.52 Å². The van der Waals surface area contributed by atoms with E-state index in [1.165, 1.54) is 11.2 Å². The molecule has 0 saturated heterocycles. The van der Waals surface area contributed by atoms with Crippen molar-refractivity contribution < 1.29 is 19.1 Å². The average Bonchev–Trinajstić information content (AvgIpc) is 2.59. The van der Waals surface area contributed by atoms with Gasteiger partial charge in [-0.1, -0.05) is 0 Å². The van der Waals surface area contributed by atoms with E-state index in [1.807, 2.05) is 0 Å². The smallest absolute Gasteiger partial charge is 0.323 e. The Morgan fingerprint density at radius 3 is 2.56 bits per heavy atom. The van der Waals surface area contributed by atoms with E-state index in [-0.39, 0.29) is 18.3 Å². The molecule has 88 valence electrons. The van der Waals surface area contributed by atoms with Gasteiger partial charge in [-0.05, 0) is 35.8 Å². The monoisotopic (exact) mass is 289 g/mol. The SMILES string of the molecule is CC(C)N(CC(=O)O)C(=O)c1occc1Br. The normalized spacial score (nSPS) is 10.5. The number of rotatable bonds is 4. The molecule has 1 amide bonds. The lowest BCUT2D eigenvalue weighted by molar-refractivity contribution is -0.138. The molecule has 1 aromatic rings. The first-order valence-corrected chi connectivity index (χ1v) is 5.48. The minimum absolute atomic E-state index is 0.120. The van der Waals surface area contributed by atoms with Crippen molar-refractivity contribution in [3.8, 4) is 0 Å². The fourth-order valence-corrected chi connectivity index (χ4v) is 1.58. The van der Waals surface area contributed by atoms with Gasteiger partial charge in [-0.3, -0.25) is 9.59 Å². The van der Waals surface area contributed by atoms with Crippen molar-refractivity contribution in [2.24, 2.45) is 0 Å². The van der Waals surface area contributed by atoms with Gasteiger partial charge in [0.15, 0.2) is 0 Å². The molecule has 0 unspecified atom stereocenters. The number of halogens is 1. The van der Waals surface area contributed by atoms with E-state index in [0.29, 0.717) is 4.47 Å². The molecule has 5 nitrogen and oxygen atoms in total. The number of carbonyl (C=O) groups excluding carboxylic acids is 1. The number of aliphatic carboxylic acids is 1. The predicted molar refractivity (Wildman–Crippen MR) is 60.2 cm³/mol. The molecule has 1 aromatic heterocycles. The Labute approximate surface area is 101 Å². The van der Waals surface area contributed by atoms with E-state index in [2.05, 4.69) is 15.9 Å². The summed E-state index contributed by atoms with van der Waals surface area (Å²) in [6, 6.07) is 1.38. The lowest BCUT2D eigenvalue weighted by Gasteiger charge is -2.23. The first kappa shape index (κ1) is 12.8. The molecule has 0 radical (unpaired) electrons. The fourth-order valence-electron chi connectivity index (χ4n) is 1.21. The standard InChI is InChI=1S/C10H12BrNO4/c1-6(2)12(5-8(13)14)10(15)9-7(11)3-4-16-9/h3-4,6H,5H2,1-2H3,(H,13,14). The topological polar surface area (TPSA) is 70.8 Å². The lowest BCUT2D eigenvalue weighted by atomic mass is 10.3. The van der Waals surface area contributed by atoms with Gasteiger partial charge in [-0.2, -0.15) is 0 Å². The minimum atomic E-state index is -1.05. The van der Waals surface area contributed by atoms with Crippen LogP contribution in [0.5, 0.6) is 0 Å². The van der Waals surface area contributed by atoms with Gasteiger partial charge in [0, 0.05) is 6.04 Å². The Balaban J connectivity index is 2.92. The van der Waals surface area contributed by atoms with Gasteiger partial charge >= 0.3 is 5.97 Å². The highest BCUT2D eigenvalue weighted by atomic mass is 79.9. The van der Waals surface area contributed by atoms with Crippen LogP contribution in [0.3, 0.4) is 0 Å². The van der Waals surface area contributed by atoms with Gasteiger partial charge in [0.25, 0.3) is 5.91 Å². The zero-order valence-corrected chi connectivity index (χ0v) is 10.5. The van der Waals surface area contributed by atoms with Crippen LogP contribution in [0, 0.1) is 0 Å². The highest BCUT2D eigenvalue weighted by Gasteiger charge is 2.25. The second kappa shape index (κ2) is 5.16. The molecule has 0 aliphatic rings. The summed E-state index contributed by atoms with van der Waals surface area (Å²) in [5.74, 6) is -1.37. The zero-order valence-electron chi connectivity index (χ0n) is 8.94. The number of furan rings is 1. The molecule has 0 atom stereocenters. The predicted octanol–water partition coefficient (Wildman–Crippen LogP) is 1.98. The lowest BCUT2D eigenvalue weighted by Crippen LogP contribution is -2.40. The average molecular weight is 290 g/mol. The van der Waals surface area contributed by atoms with Gasteiger partial charge in [0.05, 0.1) is 10.7 Å². The Hall–Kier alpha value is -1.30. The van der Waals surface area contributed by atoms with Gasteiger partial charge < -0.3 is 14.4 Å². The largest absolute Gasteiger partial charge is 0.480 e. The number of nitrogens with zero attached hydrogens (tertiary/aromatic N) is 1. The summed E-state index contributed by atoms with van der Waals surface area (Å²) in [4.78, 5) is 23.8. The maximum Gasteiger partial charge on any atom is 0.323 e. The molecule has 0 saturated carbocycles. The van der Waals surface area contributed by atoms with Crippen molar-refractivity contribution in [2.75, 3.05) is 6.54 Å². The second-order valence-electron chi connectivity index (χ2n) is 3.52. The number of amides is 1. The molecule has 6 heteroatoms. The summed E-state index contributed by atoms with van der Waals surface area (Å²) in [7, 11) is 0. The minimum Gasteiger partial charge on any atom is -0.480 e. The maximum absolute atomic E-state index is 11.9. The van der Waals surface area contributed by atoms with Crippen LogP contribution in [-0.2, 0) is 4.79 Å². The third-order valence-electron chi connectivity index (χ3n) is 2.00. The van der Waals surface area contributed by atoms with Crippen molar-refractivity contribution in [3.63, 3.8) is 0 Å². The van der Waals surface area contributed by atoms with Crippen molar-refractivity contribution in [1.82, 2.24) is 4.90 Å². The van der Waals surface area contributed by atoms with Crippen LogP contribution >= 0.6 is 15.9 Å². The number of carboxylic acids is 1. The quantitative estimate of drug-likeness (QED) is 0.920. The summed E-state index contributed by atoms with van der Waals surface area (Å²) < 4.78 is 5.53. The van der Waals surface area contributed by atoms with Crippen LogP contribution in [0.15, 0.2) is 21.2 Å². The van der Waals surface area contributed by atoms with Gasteiger partial charge in [0.2, 0.25) is 5.76 Å². The van der Waals surface area contributed by atoms with E-state index >= 15 is 0 Å². The first-order valence-electron chi connectivity index (χ1n) is 4.69. The Kier molecular flexibility index (Phi) is 4.12. The van der Waals surface area contributed by atoms with Gasteiger partial charge in [0.1, 0.15) is 6.54 Å². The van der Waals surface area contributed by atoms with Crippen LogP contribution in [0.25, 0.3) is 0 Å². The summed E-state index contributed by atoms with van der Waals surface area (Å²) in [5, 5.41) is 8.71. The number of hydrogen-bond donors (Lipinski definition) is 1. The first-order chi connectivity index (χ1) is 7.43. The molecular weight excluding hydrogens is 278 g/mol. The van der Waals surface area contributed by atoms with Crippen LogP contribution in [-0.4, -0.2) is 34.5 Å². The molecular formula is C10H12BrNO4.